The molecule has 11 heteroatoms. The first kappa shape index (κ1) is 22.5. The van der Waals surface area contributed by atoms with Gasteiger partial charge < -0.3 is 0 Å². The van der Waals surface area contributed by atoms with Crippen molar-refractivity contribution in [1.82, 2.24) is 4.98 Å². The van der Waals surface area contributed by atoms with Crippen LogP contribution in [0.15, 0.2) is 57.3 Å². The van der Waals surface area contributed by atoms with Gasteiger partial charge in [-0.2, -0.15) is 18.4 Å². The predicted molar refractivity (Wildman–Crippen MR) is 118 cm³/mol. The maximum absolute atomic E-state index is 13.7. The van der Waals surface area contributed by atoms with Gasteiger partial charge in [0.05, 0.1) is 32.6 Å². The molecule has 3 aromatic rings. The van der Waals surface area contributed by atoms with Crippen molar-refractivity contribution >= 4 is 56.5 Å². The fraction of sp³-hybridized carbons (Fsp3) is 0.143. The molecule has 1 fully saturated rings. The number of pyridine rings is 1. The molecule has 1 saturated heterocycles. The molecular weight excluding hydrogens is 527 g/mol. The summed E-state index contributed by atoms with van der Waals surface area (Å²) in [6.45, 7) is 0. The molecule has 2 amide bonds. The lowest BCUT2D eigenvalue weighted by Crippen LogP contribution is -2.31. The number of carbonyl (C=O) groups excluding carboxylic acids is 2. The predicted octanol–water partition coefficient (Wildman–Crippen LogP) is 5.89. The van der Waals surface area contributed by atoms with Gasteiger partial charge in [0.15, 0.2) is 0 Å². The Labute approximate surface area is 197 Å². The molecule has 32 heavy (non-hydrogen) atoms. The number of imide groups is 1. The number of nitrogens with zero attached hydrogens (tertiary/aromatic N) is 3. The summed E-state index contributed by atoms with van der Waals surface area (Å²) in [4.78, 5) is 31.2. The minimum absolute atomic E-state index is 0.0513. The number of nitriles is 1. The summed E-state index contributed by atoms with van der Waals surface area (Å²) in [6.07, 6.45) is -5.00. The average molecular weight is 538 g/mol. The zero-order chi connectivity index (χ0) is 23.0. The van der Waals surface area contributed by atoms with E-state index in [0.717, 1.165) is 15.4 Å². The summed E-state index contributed by atoms with van der Waals surface area (Å²) in [5, 5.41) is 9.94. The molecule has 0 saturated carbocycles. The summed E-state index contributed by atoms with van der Waals surface area (Å²) in [5.74, 6) is -1.04. The maximum atomic E-state index is 13.7. The number of rotatable bonds is 4. The number of thioether (sulfide) groups is 1. The zero-order valence-electron chi connectivity index (χ0n) is 15.9. The number of aromatic nitrogens is 1. The number of amides is 2. The molecule has 1 atom stereocenters. The highest BCUT2D eigenvalue weighted by Crippen LogP contribution is 2.41. The van der Waals surface area contributed by atoms with E-state index in [1.165, 1.54) is 11.3 Å². The van der Waals surface area contributed by atoms with E-state index in [0.29, 0.717) is 22.3 Å². The van der Waals surface area contributed by atoms with E-state index < -0.39 is 34.4 Å². The quantitative estimate of drug-likeness (QED) is 0.388. The first-order valence-electron chi connectivity index (χ1n) is 9.04. The largest absolute Gasteiger partial charge is 0.417 e. The summed E-state index contributed by atoms with van der Waals surface area (Å²) in [5.41, 5.74) is -1.37. The maximum Gasteiger partial charge on any atom is 0.417 e. The van der Waals surface area contributed by atoms with Crippen LogP contribution in [-0.4, -0.2) is 22.0 Å². The third-order valence-electron chi connectivity index (χ3n) is 4.62. The van der Waals surface area contributed by atoms with Crippen molar-refractivity contribution in [2.75, 3.05) is 4.90 Å². The molecule has 1 aromatic carbocycles. The number of thiophene rings is 1. The van der Waals surface area contributed by atoms with E-state index in [-0.39, 0.29) is 17.1 Å². The van der Waals surface area contributed by atoms with Gasteiger partial charge in [0, 0.05) is 10.9 Å². The Balaban J connectivity index is 1.73. The Morgan fingerprint density at radius 2 is 1.94 bits per heavy atom. The Bertz CT molecular complexity index is 1240. The first-order chi connectivity index (χ1) is 15.2. The standard InChI is InChI=1S/C21H11BrF3N3O2S2/c22-11-3-5-12(6-4-11)28-18(29)9-17(20(28)30)32-19-13(10-26)14(21(23,24)25)8-15(27-19)16-2-1-7-31-16/h1-8,17H,9H2/t17-/m0/s1. The second-order valence-corrected chi connectivity index (χ2v) is 9.73. The number of benzene rings is 1. The summed E-state index contributed by atoms with van der Waals surface area (Å²) < 4.78 is 41.8. The van der Waals surface area contributed by atoms with E-state index in [1.54, 1.807) is 47.8 Å². The number of anilines is 1. The van der Waals surface area contributed by atoms with E-state index in [2.05, 4.69) is 20.9 Å². The van der Waals surface area contributed by atoms with E-state index >= 15 is 0 Å². The van der Waals surface area contributed by atoms with Crippen LogP contribution in [-0.2, 0) is 15.8 Å². The fourth-order valence-corrected chi connectivity index (χ4v) is 5.26. The van der Waals surface area contributed by atoms with Crippen LogP contribution in [0.3, 0.4) is 0 Å². The van der Waals surface area contributed by atoms with Crippen molar-refractivity contribution in [1.29, 1.82) is 5.26 Å². The summed E-state index contributed by atoms with van der Waals surface area (Å²) in [7, 11) is 0. The van der Waals surface area contributed by atoms with Crippen LogP contribution in [0.5, 0.6) is 0 Å². The third-order valence-corrected chi connectivity index (χ3v) is 7.21. The van der Waals surface area contributed by atoms with Gasteiger partial charge in [-0.15, -0.1) is 11.3 Å². The van der Waals surface area contributed by atoms with Crippen LogP contribution in [0.25, 0.3) is 10.6 Å². The molecule has 1 aliphatic rings. The Kier molecular flexibility index (Phi) is 6.11. The smallest absolute Gasteiger partial charge is 0.274 e. The van der Waals surface area contributed by atoms with Crippen molar-refractivity contribution in [3.63, 3.8) is 0 Å². The van der Waals surface area contributed by atoms with Gasteiger partial charge in [-0.1, -0.05) is 33.8 Å². The van der Waals surface area contributed by atoms with Crippen LogP contribution in [0.1, 0.15) is 17.5 Å². The highest BCUT2D eigenvalue weighted by Gasteiger charge is 2.42. The van der Waals surface area contributed by atoms with E-state index in [1.807, 2.05) is 0 Å². The van der Waals surface area contributed by atoms with Crippen molar-refractivity contribution in [3.8, 4) is 16.6 Å². The molecule has 0 unspecified atom stereocenters. The monoisotopic (exact) mass is 537 g/mol. The molecule has 5 nitrogen and oxygen atoms in total. The molecule has 0 bridgehead atoms. The van der Waals surface area contributed by atoms with Gasteiger partial charge in [0.2, 0.25) is 11.8 Å². The van der Waals surface area contributed by atoms with Gasteiger partial charge >= 0.3 is 6.18 Å². The number of carbonyl (C=O) groups is 2. The molecule has 3 heterocycles. The zero-order valence-corrected chi connectivity index (χ0v) is 19.1. The molecule has 0 aliphatic carbocycles. The topological polar surface area (TPSA) is 74.1 Å². The highest BCUT2D eigenvalue weighted by atomic mass is 79.9. The number of hydrogen-bond donors (Lipinski definition) is 0. The molecule has 0 N–H and O–H groups in total. The molecule has 4 rings (SSSR count). The second-order valence-electron chi connectivity index (χ2n) is 6.68. The number of halogens is 4. The SMILES string of the molecule is N#Cc1c(C(F)(F)F)cc(-c2cccs2)nc1S[C@H]1CC(=O)N(c2ccc(Br)cc2)C1=O. The fourth-order valence-electron chi connectivity index (χ4n) is 3.18. The van der Waals surface area contributed by atoms with E-state index in [4.69, 9.17) is 0 Å². The van der Waals surface area contributed by atoms with Crippen molar-refractivity contribution < 1.29 is 22.8 Å². The molecule has 0 radical (unpaired) electrons. The van der Waals surface area contributed by atoms with Crippen LogP contribution in [0.2, 0.25) is 0 Å². The van der Waals surface area contributed by atoms with Gasteiger partial charge in [0.1, 0.15) is 11.1 Å². The lowest BCUT2D eigenvalue weighted by Gasteiger charge is -2.16. The molecular formula is C21H11BrF3N3O2S2. The first-order valence-corrected chi connectivity index (χ1v) is 11.6. The van der Waals surface area contributed by atoms with Crippen molar-refractivity contribution in [2.45, 2.75) is 22.9 Å². The molecule has 2 aromatic heterocycles. The van der Waals surface area contributed by atoms with Crippen LogP contribution < -0.4 is 4.90 Å². The normalized spacial score (nSPS) is 16.5. The molecule has 0 spiro atoms. The minimum atomic E-state index is -4.78. The number of alkyl halides is 3. The van der Waals surface area contributed by atoms with E-state index in [9.17, 15) is 28.0 Å². The van der Waals surface area contributed by atoms with Gasteiger partial charge in [0.25, 0.3) is 0 Å². The average Bonchev–Trinajstić information content (AvgIpc) is 3.36. The third kappa shape index (κ3) is 4.30. The Morgan fingerprint density at radius 1 is 1.22 bits per heavy atom. The van der Waals surface area contributed by atoms with Crippen LogP contribution in [0, 0.1) is 11.3 Å². The van der Waals surface area contributed by atoms with Crippen molar-refractivity contribution in [2.24, 2.45) is 0 Å². The summed E-state index contributed by atoms with van der Waals surface area (Å²) >= 11 is 5.19. The Morgan fingerprint density at radius 3 is 2.53 bits per heavy atom. The van der Waals surface area contributed by atoms with Crippen molar-refractivity contribution in [3.05, 3.63) is 63.4 Å². The highest BCUT2D eigenvalue weighted by molar-refractivity contribution is 9.10. The van der Waals surface area contributed by atoms with Crippen LogP contribution >= 0.6 is 39.0 Å². The van der Waals surface area contributed by atoms with Gasteiger partial charge in [-0.25, -0.2) is 9.88 Å². The molecule has 162 valence electrons. The van der Waals surface area contributed by atoms with Crippen LogP contribution in [0.4, 0.5) is 18.9 Å². The van der Waals surface area contributed by atoms with Gasteiger partial charge in [-0.05, 0) is 41.8 Å². The minimum Gasteiger partial charge on any atom is -0.274 e. The lowest BCUT2D eigenvalue weighted by atomic mass is 10.1. The Hall–Kier alpha value is -2.68. The second kappa shape index (κ2) is 8.69. The number of hydrogen-bond acceptors (Lipinski definition) is 6. The molecule has 1 aliphatic heterocycles. The van der Waals surface area contributed by atoms with Gasteiger partial charge in [-0.3, -0.25) is 9.59 Å². The lowest BCUT2D eigenvalue weighted by molar-refractivity contribution is -0.138. The summed E-state index contributed by atoms with van der Waals surface area (Å²) in [6, 6.07) is 12.2.